The molecule has 1 saturated heterocycles. The number of thiophene rings is 1. The van der Waals surface area contributed by atoms with E-state index in [-0.39, 0.29) is 5.91 Å². The summed E-state index contributed by atoms with van der Waals surface area (Å²) < 4.78 is 31.9. The van der Waals surface area contributed by atoms with Crippen molar-refractivity contribution in [1.29, 1.82) is 0 Å². The predicted molar refractivity (Wildman–Crippen MR) is 86.7 cm³/mol. The van der Waals surface area contributed by atoms with Gasteiger partial charge >= 0.3 is 0 Å². The van der Waals surface area contributed by atoms with Crippen LogP contribution < -0.4 is 0 Å². The fourth-order valence-corrected chi connectivity index (χ4v) is 5.13. The third-order valence-corrected chi connectivity index (χ3v) is 7.12. The van der Waals surface area contributed by atoms with E-state index in [4.69, 9.17) is 4.42 Å². The number of carbonyl (C=O) groups excluding carboxylic acids is 1. The van der Waals surface area contributed by atoms with E-state index in [9.17, 15) is 13.2 Å². The lowest BCUT2D eigenvalue weighted by Gasteiger charge is -2.33. The lowest BCUT2D eigenvalue weighted by atomic mass is 10.2. The Morgan fingerprint density at radius 3 is 2.57 bits per heavy atom. The second-order valence-corrected chi connectivity index (χ2v) is 8.41. The third kappa shape index (κ3) is 3.65. The van der Waals surface area contributed by atoms with E-state index in [0.717, 1.165) is 5.76 Å². The minimum atomic E-state index is -3.42. The number of rotatable bonds is 5. The van der Waals surface area contributed by atoms with Crippen molar-refractivity contribution >= 4 is 27.3 Å². The molecule has 0 radical (unpaired) electrons. The second-order valence-electron chi connectivity index (χ2n) is 5.30. The minimum Gasteiger partial charge on any atom is -0.469 e. The van der Waals surface area contributed by atoms with Crippen molar-refractivity contribution in [1.82, 2.24) is 9.21 Å². The smallest absolute Gasteiger partial charge is 0.252 e. The summed E-state index contributed by atoms with van der Waals surface area (Å²) in [6.07, 6.45) is 2.54. The molecule has 23 heavy (non-hydrogen) atoms. The van der Waals surface area contributed by atoms with Crippen molar-refractivity contribution in [2.75, 3.05) is 26.2 Å². The van der Waals surface area contributed by atoms with Gasteiger partial charge in [-0.15, -0.1) is 11.3 Å². The molecular weight excluding hydrogens is 336 g/mol. The van der Waals surface area contributed by atoms with Gasteiger partial charge in [-0.1, -0.05) is 6.07 Å². The van der Waals surface area contributed by atoms with Gasteiger partial charge in [-0.2, -0.15) is 4.31 Å². The quantitative estimate of drug-likeness (QED) is 0.821. The summed E-state index contributed by atoms with van der Waals surface area (Å²) in [4.78, 5) is 13.9. The van der Waals surface area contributed by atoms with Gasteiger partial charge in [0.25, 0.3) is 10.0 Å². The zero-order valence-electron chi connectivity index (χ0n) is 12.6. The summed E-state index contributed by atoms with van der Waals surface area (Å²) in [5.41, 5.74) is 0. The molecule has 6 nitrogen and oxygen atoms in total. The van der Waals surface area contributed by atoms with Crippen molar-refractivity contribution in [3.8, 4) is 0 Å². The van der Waals surface area contributed by atoms with Gasteiger partial charge in [0.15, 0.2) is 0 Å². The number of hydrogen-bond donors (Lipinski definition) is 0. The molecule has 0 N–H and O–H groups in total. The summed E-state index contributed by atoms with van der Waals surface area (Å²) in [6.45, 7) is 1.54. The Kier molecular flexibility index (Phi) is 4.84. The molecule has 2 aromatic heterocycles. The number of piperazine rings is 1. The number of aryl methyl sites for hydroxylation is 1. The van der Waals surface area contributed by atoms with Gasteiger partial charge in [0.1, 0.15) is 9.97 Å². The van der Waals surface area contributed by atoms with Gasteiger partial charge in [-0.05, 0) is 23.6 Å². The van der Waals surface area contributed by atoms with Crippen LogP contribution in [0.3, 0.4) is 0 Å². The van der Waals surface area contributed by atoms with E-state index in [1.807, 2.05) is 6.07 Å². The van der Waals surface area contributed by atoms with Crippen LogP contribution in [-0.4, -0.2) is 49.7 Å². The van der Waals surface area contributed by atoms with Crippen molar-refractivity contribution in [3.05, 3.63) is 41.7 Å². The van der Waals surface area contributed by atoms with Crippen LogP contribution in [0.25, 0.3) is 0 Å². The molecule has 3 rings (SSSR count). The maximum atomic E-state index is 12.4. The maximum absolute atomic E-state index is 12.4. The predicted octanol–water partition coefficient (Wildman–Crippen LogP) is 1.81. The zero-order valence-corrected chi connectivity index (χ0v) is 14.2. The van der Waals surface area contributed by atoms with Gasteiger partial charge in [0.2, 0.25) is 5.91 Å². The molecule has 8 heteroatoms. The molecule has 1 fully saturated rings. The van der Waals surface area contributed by atoms with E-state index >= 15 is 0 Å². The molecule has 3 heterocycles. The summed E-state index contributed by atoms with van der Waals surface area (Å²) in [5.74, 6) is 0.826. The monoisotopic (exact) mass is 354 g/mol. The normalized spacial score (nSPS) is 16.6. The number of nitrogens with zero attached hydrogens (tertiary/aromatic N) is 2. The molecule has 0 aliphatic carbocycles. The van der Waals surface area contributed by atoms with E-state index in [2.05, 4.69) is 0 Å². The van der Waals surface area contributed by atoms with Crippen molar-refractivity contribution in [2.24, 2.45) is 0 Å². The van der Waals surface area contributed by atoms with Crippen LogP contribution in [0.2, 0.25) is 0 Å². The second kappa shape index (κ2) is 6.86. The van der Waals surface area contributed by atoms with Gasteiger partial charge in [-0.25, -0.2) is 8.42 Å². The molecule has 1 amide bonds. The molecule has 0 atom stereocenters. The number of amides is 1. The number of hydrogen-bond acceptors (Lipinski definition) is 5. The molecular formula is C15H18N2O4S2. The third-order valence-electron chi connectivity index (χ3n) is 3.85. The van der Waals surface area contributed by atoms with E-state index < -0.39 is 10.0 Å². The Labute approximate surface area is 139 Å². The summed E-state index contributed by atoms with van der Waals surface area (Å²) in [6, 6.07) is 6.99. The van der Waals surface area contributed by atoms with Crippen LogP contribution in [0.4, 0.5) is 0 Å². The standard InChI is InChI=1S/C15H18N2O4S2/c18-14(6-5-13-3-1-11-21-13)16-7-9-17(10-8-16)23(19,20)15-4-2-12-22-15/h1-4,11-12H,5-10H2. The van der Waals surface area contributed by atoms with Gasteiger partial charge in [0.05, 0.1) is 6.26 Å². The van der Waals surface area contributed by atoms with Crippen molar-refractivity contribution in [3.63, 3.8) is 0 Å². The highest BCUT2D eigenvalue weighted by atomic mass is 32.2. The highest BCUT2D eigenvalue weighted by molar-refractivity contribution is 7.91. The van der Waals surface area contributed by atoms with Gasteiger partial charge < -0.3 is 9.32 Å². The van der Waals surface area contributed by atoms with E-state index in [1.165, 1.54) is 15.6 Å². The highest BCUT2D eigenvalue weighted by Gasteiger charge is 2.30. The van der Waals surface area contributed by atoms with Crippen LogP contribution in [-0.2, 0) is 21.2 Å². The van der Waals surface area contributed by atoms with Gasteiger partial charge in [-0.3, -0.25) is 4.79 Å². The maximum Gasteiger partial charge on any atom is 0.252 e. The molecule has 124 valence electrons. The first-order chi connectivity index (χ1) is 11.1. The van der Waals surface area contributed by atoms with Gasteiger partial charge in [0, 0.05) is 39.0 Å². The first-order valence-electron chi connectivity index (χ1n) is 7.41. The van der Waals surface area contributed by atoms with Crippen molar-refractivity contribution < 1.29 is 17.6 Å². The van der Waals surface area contributed by atoms with Crippen LogP contribution in [0.5, 0.6) is 0 Å². The average Bonchev–Trinajstić information content (AvgIpc) is 3.26. The molecule has 1 aliphatic heterocycles. The van der Waals surface area contributed by atoms with E-state index in [1.54, 1.807) is 34.7 Å². The SMILES string of the molecule is O=C(CCc1ccco1)N1CCN(S(=O)(=O)c2cccs2)CC1. The first kappa shape index (κ1) is 16.2. The summed E-state index contributed by atoms with van der Waals surface area (Å²) in [5, 5.41) is 1.75. The average molecular weight is 354 g/mol. The Morgan fingerprint density at radius 1 is 1.17 bits per heavy atom. The molecule has 0 unspecified atom stereocenters. The summed E-state index contributed by atoms with van der Waals surface area (Å²) >= 11 is 1.22. The molecule has 1 aliphatic rings. The zero-order chi connectivity index (χ0) is 16.3. The lowest BCUT2D eigenvalue weighted by molar-refractivity contribution is -0.132. The van der Waals surface area contributed by atoms with Crippen LogP contribution in [0, 0.1) is 0 Å². The largest absolute Gasteiger partial charge is 0.469 e. The molecule has 2 aromatic rings. The Morgan fingerprint density at radius 2 is 1.96 bits per heavy atom. The summed E-state index contributed by atoms with van der Waals surface area (Å²) in [7, 11) is -3.42. The van der Waals surface area contributed by atoms with Crippen LogP contribution in [0.15, 0.2) is 44.5 Å². The molecule has 0 bridgehead atoms. The highest BCUT2D eigenvalue weighted by Crippen LogP contribution is 2.22. The Bertz CT molecular complexity index is 731. The number of carbonyl (C=O) groups is 1. The van der Waals surface area contributed by atoms with Crippen LogP contribution in [0.1, 0.15) is 12.2 Å². The minimum absolute atomic E-state index is 0.0366. The first-order valence-corrected chi connectivity index (χ1v) is 9.73. The Balaban J connectivity index is 1.53. The van der Waals surface area contributed by atoms with Crippen molar-refractivity contribution in [2.45, 2.75) is 17.1 Å². The van der Waals surface area contributed by atoms with E-state index in [0.29, 0.717) is 43.2 Å². The molecule has 0 saturated carbocycles. The lowest BCUT2D eigenvalue weighted by Crippen LogP contribution is -2.50. The number of sulfonamides is 1. The van der Waals surface area contributed by atoms with Crippen LogP contribution >= 0.6 is 11.3 Å². The Hall–Kier alpha value is -1.64. The fraction of sp³-hybridized carbons (Fsp3) is 0.400. The fourth-order valence-electron chi connectivity index (χ4n) is 2.56. The molecule has 0 spiro atoms. The number of furan rings is 1. The molecule has 0 aromatic carbocycles. The topological polar surface area (TPSA) is 70.8 Å².